The number of aromatic nitrogens is 4. The number of benzene rings is 2. The van der Waals surface area contributed by atoms with Gasteiger partial charge in [0.05, 0.1) is 12.8 Å². The molecule has 2 aromatic carbocycles. The number of phenols is 1. The van der Waals surface area contributed by atoms with Gasteiger partial charge in [-0.15, -0.1) is 0 Å². The summed E-state index contributed by atoms with van der Waals surface area (Å²) in [6.45, 7) is 1.79. The number of aryl methyl sites for hydroxylation is 2. The minimum Gasteiger partial charge on any atom is -0.507 e. The molecule has 4 rings (SSSR count). The lowest BCUT2D eigenvalue weighted by atomic mass is 10.2. The molecule has 0 aliphatic carbocycles. The van der Waals surface area contributed by atoms with Crippen molar-refractivity contribution in [3.05, 3.63) is 78.9 Å². The number of imidazole rings is 1. The summed E-state index contributed by atoms with van der Waals surface area (Å²) < 4.78 is 9.10. The molecule has 0 fully saturated rings. The SMILES string of the molecule is Cc1ccccc1OC[C@@H](O)Cn1c(NN=Cc2cc(Br)ccc2O)nc2c1c(=O)[nH]c(=O)n2C. The number of aromatic amines is 1. The molecule has 0 amide bonds. The number of H-pyrrole nitrogens is 1. The van der Waals surface area contributed by atoms with E-state index in [1.54, 1.807) is 18.2 Å². The van der Waals surface area contributed by atoms with Crippen molar-refractivity contribution in [2.24, 2.45) is 12.1 Å². The number of ether oxygens (including phenoxy) is 1. The molecular formula is C23H23BrN6O5. The van der Waals surface area contributed by atoms with Crippen molar-refractivity contribution >= 4 is 39.3 Å². The van der Waals surface area contributed by atoms with E-state index in [-0.39, 0.29) is 36.0 Å². The van der Waals surface area contributed by atoms with Gasteiger partial charge in [0.2, 0.25) is 5.95 Å². The molecule has 4 aromatic rings. The fraction of sp³-hybridized carbons (Fsp3) is 0.217. The molecule has 0 saturated carbocycles. The van der Waals surface area contributed by atoms with Crippen molar-refractivity contribution in [3.63, 3.8) is 0 Å². The van der Waals surface area contributed by atoms with E-state index in [0.717, 1.165) is 10.0 Å². The molecule has 0 radical (unpaired) electrons. The number of rotatable bonds is 8. The summed E-state index contributed by atoms with van der Waals surface area (Å²) in [5.41, 5.74) is 3.03. The molecule has 0 spiro atoms. The van der Waals surface area contributed by atoms with E-state index >= 15 is 0 Å². The van der Waals surface area contributed by atoms with Crippen LogP contribution in [0, 0.1) is 6.92 Å². The monoisotopic (exact) mass is 542 g/mol. The largest absolute Gasteiger partial charge is 0.507 e. The Morgan fingerprint density at radius 3 is 2.83 bits per heavy atom. The van der Waals surface area contributed by atoms with Gasteiger partial charge in [-0.2, -0.15) is 10.1 Å². The van der Waals surface area contributed by atoms with Gasteiger partial charge in [-0.25, -0.2) is 10.2 Å². The number of aliphatic hydroxyl groups excluding tert-OH is 1. The van der Waals surface area contributed by atoms with E-state index in [9.17, 15) is 19.8 Å². The lowest BCUT2D eigenvalue weighted by Gasteiger charge is -2.16. The number of nitrogens with zero attached hydrogens (tertiary/aromatic N) is 4. The number of anilines is 1. The molecule has 1 atom stereocenters. The summed E-state index contributed by atoms with van der Waals surface area (Å²) in [4.78, 5) is 31.3. The second-order valence-corrected chi connectivity index (χ2v) is 8.76. The van der Waals surface area contributed by atoms with Gasteiger partial charge < -0.3 is 19.5 Å². The van der Waals surface area contributed by atoms with E-state index in [1.165, 1.54) is 28.5 Å². The molecule has 0 bridgehead atoms. The van der Waals surface area contributed by atoms with Gasteiger partial charge in [-0.05, 0) is 36.8 Å². The Kier molecular flexibility index (Phi) is 7.03. The Morgan fingerprint density at radius 1 is 1.29 bits per heavy atom. The van der Waals surface area contributed by atoms with Crippen molar-refractivity contribution in [2.45, 2.75) is 19.6 Å². The summed E-state index contributed by atoms with van der Waals surface area (Å²) in [6.07, 6.45) is 0.368. The number of aliphatic hydroxyl groups is 1. The summed E-state index contributed by atoms with van der Waals surface area (Å²) in [6, 6.07) is 12.3. The third-order valence-electron chi connectivity index (χ3n) is 5.28. The predicted molar refractivity (Wildman–Crippen MR) is 135 cm³/mol. The Morgan fingerprint density at radius 2 is 2.06 bits per heavy atom. The Balaban J connectivity index is 1.64. The fourth-order valence-corrected chi connectivity index (χ4v) is 3.83. The topological polar surface area (TPSA) is 147 Å². The Labute approximate surface area is 207 Å². The molecule has 182 valence electrons. The van der Waals surface area contributed by atoms with E-state index in [0.29, 0.717) is 11.3 Å². The van der Waals surface area contributed by atoms with E-state index < -0.39 is 17.4 Å². The van der Waals surface area contributed by atoms with Crippen LogP contribution in [0.5, 0.6) is 11.5 Å². The van der Waals surface area contributed by atoms with Crippen LogP contribution < -0.4 is 21.4 Å². The number of hydrogen-bond donors (Lipinski definition) is 4. The first kappa shape index (κ1) is 24.2. The van der Waals surface area contributed by atoms with Gasteiger partial charge in [0.25, 0.3) is 5.56 Å². The molecule has 35 heavy (non-hydrogen) atoms. The highest BCUT2D eigenvalue weighted by atomic mass is 79.9. The molecule has 0 unspecified atom stereocenters. The molecule has 0 aliphatic rings. The van der Waals surface area contributed by atoms with Crippen molar-refractivity contribution < 1.29 is 14.9 Å². The minimum atomic E-state index is -1.01. The average molecular weight is 543 g/mol. The lowest BCUT2D eigenvalue weighted by Crippen LogP contribution is -2.30. The molecular weight excluding hydrogens is 520 g/mol. The molecule has 2 heterocycles. The maximum absolute atomic E-state index is 12.6. The predicted octanol–water partition coefficient (Wildman–Crippen LogP) is 2.09. The van der Waals surface area contributed by atoms with Gasteiger partial charge in [0.1, 0.15) is 24.2 Å². The standard InChI is InChI=1S/C23H23BrN6O5/c1-13-5-3-4-6-18(13)35-12-16(31)11-30-19-20(29(2)23(34)27-21(19)33)26-22(30)28-25-10-14-9-15(24)7-8-17(14)32/h3-10,16,31-32H,11-12H2,1-2H3,(H,26,28)(H,27,33,34)/t16-/m0/s1. The van der Waals surface area contributed by atoms with Crippen LogP contribution in [0.2, 0.25) is 0 Å². The zero-order valence-corrected chi connectivity index (χ0v) is 20.5. The summed E-state index contributed by atoms with van der Waals surface area (Å²) in [5.74, 6) is 0.779. The highest BCUT2D eigenvalue weighted by Crippen LogP contribution is 2.21. The molecule has 12 heteroatoms. The lowest BCUT2D eigenvalue weighted by molar-refractivity contribution is 0.0935. The number of para-hydroxylation sites is 1. The van der Waals surface area contributed by atoms with Gasteiger partial charge in [0, 0.05) is 17.1 Å². The van der Waals surface area contributed by atoms with Gasteiger partial charge >= 0.3 is 5.69 Å². The number of hydrogen-bond acceptors (Lipinski definition) is 8. The third kappa shape index (κ3) is 5.28. The Hall–Kier alpha value is -3.90. The number of fused-ring (bicyclic) bond motifs is 1. The van der Waals surface area contributed by atoms with Gasteiger partial charge in [-0.3, -0.25) is 14.3 Å². The summed E-state index contributed by atoms with van der Waals surface area (Å²) in [5, 5.41) is 24.8. The Bertz CT molecular complexity index is 1520. The molecule has 11 nitrogen and oxygen atoms in total. The number of hydrazone groups is 1. The van der Waals surface area contributed by atoms with Crippen LogP contribution in [0.1, 0.15) is 11.1 Å². The molecule has 4 N–H and O–H groups in total. The number of phenolic OH excluding ortho intramolecular Hbond substituents is 1. The smallest absolute Gasteiger partial charge is 0.329 e. The van der Waals surface area contributed by atoms with Crippen molar-refractivity contribution in [3.8, 4) is 11.5 Å². The maximum atomic E-state index is 12.6. The first-order chi connectivity index (χ1) is 16.7. The van der Waals surface area contributed by atoms with E-state index in [2.05, 4.69) is 36.4 Å². The quantitative estimate of drug-likeness (QED) is 0.197. The second kappa shape index (κ2) is 10.2. The third-order valence-corrected chi connectivity index (χ3v) is 5.78. The van der Waals surface area contributed by atoms with E-state index in [4.69, 9.17) is 4.74 Å². The first-order valence-corrected chi connectivity index (χ1v) is 11.4. The molecule has 0 aliphatic heterocycles. The van der Waals surface area contributed by atoms with E-state index in [1.807, 2.05) is 25.1 Å². The van der Waals surface area contributed by atoms with Crippen molar-refractivity contribution in [1.29, 1.82) is 0 Å². The van der Waals surface area contributed by atoms with Crippen molar-refractivity contribution in [1.82, 2.24) is 19.1 Å². The number of halogens is 1. The van der Waals surface area contributed by atoms with Crippen LogP contribution in [0.4, 0.5) is 5.95 Å². The summed E-state index contributed by atoms with van der Waals surface area (Å²) >= 11 is 3.33. The highest BCUT2D eigenvalue weighted by Gasteiger charge is 2.20. The van der Waals surface area contributed by atoms with Crippen LogP contribution >= 0.6 is 15.9 Å². The number of nitrogens with one attached hydrogen (secondary N) is 2. The zero-order chi connectivity index (χ0) is 25.1. The van der Waals surface area contributed by atoms with Crippen molar-refractivity contribution in [2.75, 3.05) is 12.0 Å². The maximum Gasteiger partial charge on any atom is 0.329 e. The van der Waals surface area contributed by atoms with Gasteiger partial charge in [-0.1, -0.05) is 34.1 Å². The zero-order valence-electron chi connectivity index (χ0n) is 18.9. The molecule has 0 saturated heterocycles. The van der Waals surface area contributed by atoms with Crippen LogP contribution in [0.25, 0.3) is 11.2 Å². The average Bonchev–Trinajstić information content (AvgIpc) is 3.18. The highest BCUT2D eigenvalue weighted by molar-refractivity contribution is 9.10. The summed E-state index contributed by atoms with van der Waals surface area (Å²) in [7, 11) is 1.47. The number of aromatic hydroxyl groups is 1. The van der Waals surface area contributed by atoms with Crippen LogP contribution in [0.15, 0.2) is 61.6 Å². The normalized spacial score (nSPS) is 12.3. The first-order valence-electron chi connectivity index (χ1n) is 10.6. The second-order valence-electron chi connectivity index (χ2n) is 7.84. The fourth-order valence-electron chi connectivity index (χ4n) is 3.45. The van der Waals surface area contributed by atoms with Crippen LogP contribution in [-0.4, -0.2) is 48.2 Å². The van der Waals surface area contributed by atoms with Crippen LogP contribution in [0.3, 0.4) is 0 Å². The van der Waals surface area contributed by atoms with Crippen LogP contribution in [-0.2, 0) is 13.6 Å². The minimum absolute atomic E-state index is 0.0230. The van der Waals surface area contributed by atoms with Gasteiger partial charge in [0.15, 0.2) is 11.2 Å². The molecule has 2 aromatic heterocycles.